The molecule has 1 aromatic heterocycles. The van der Waals surface area contributed by atoms with Crippen LogP contribution in [-0.4, -0.2) is 37.9 Å². The Morgan fingerprint density at radius 2 is 1.59 bits per heavy atom. The third kappa shape index (κ3) is 2.28. The maximum atomic E-state index is 13.3. The fourth-order valence-electron chi connectivity index (χ4n) is 4.10. The topological polar surface area (TPSA) is 42.3 Å². The molecule has 27 heavy (non-hydrogen) atoms. The largest absolute Gasteiger partial charge is 0.309 e. The molecule has 1 aliphatic rings. The van der Waals surface area contributed by atoms with Crippen LogP contribution in [0, 0.1) is 0 Å². The number of hydrogen-bond donors (Lipinski definition) is 0. The first-order valence-corrected chi connectivity index (χ1v) is 10.5. The summed E-state index contributed by atoms with van der Waals surface area (Å²) >= 11 is 0. The van der Waals surface area contributed by atoms with Gasteiger partial charge < -0.3 is 4.90 Å². The first kappa shape index (κ1) is 16.5. The third-order valence-corrected chi connectivity index (χ3v) is 7.14. The van der Waals surface area contributed by atoms with Crippen molar-refractivity contribution in [1.29, 1.82) is 0 Å². The fraction of sp³-hybridized carbons (Fsp3) is 0.182. The van der Waals surface area contributed by atoms with Gasteiger partial charge in [-0.2, -0.15) is 0 Å². The Labute approximate surface area is 158 Å². The van der Waals surface area contributed by atoms with Gasteiger partial charge in [-0.05, 0) is 55.1 Å². The summed E-state index contributed by atoms with van der Waals surface area (Å²) in [6, 6.07) is 19.6. The Bertz CT molecular complexity index is 1320. The van der Waals surface area contributed by atoms with Crippen molar-refractivity contribution >= 4 is 31.7 Å². The standard InChI is InChI=1S/C22H20N2O2S/c1-23(2)12-11-17-19-13-15-7-3-4-8-16(15)14-20(19)24-22(17)18-9-5-6-10-21(18)27(24,25)26/h3-10,13-14H,11-12H2,1-2H3. The second kappa shape index (κ2) is 5.68. The van der Waals surface area contributed by atoms with Gasteiger partial charge in [-0.25, -0.2) is 12.4 Å². The van der Waals surface area contributed by atoms with E-state index in [-0.39, 0.29) is 0 Å². The first-order valence-electron chi connectivity index (χ1n) is 9.04. The van der Waals surface area contributed by atoms with Gasteiger partial charge in [0.2, 0.25) is 0 Å². The average molecular weight is 376 g/mol. The smallest absolute Gasteiger partial charge is 0.269 e. The lowest BCUT2D eigenvalue weighted by Crippen LogP contribution is -2.15. The molecule has 136 valence electrons. The molecule has 4 aromatic rings. The molecule has 0 N–H and O–H groups in total. The Hall–Kier alpha value is -2.63. The number of nitrogens with zero attached hydrogens (tertiary/aromatic N) is 2. The summed E-state index contributed by atoms with van der Waals surface area (Å²) in [6.45, 7) is 0.862. The Morgan fingerprint density at radius 1 is 0.926 bits per heavy atom. The molecule has 0 spiro atoms. The lowest BCUT2D eigenvalue weighted by atomic mass is 10.0. The van der Waals surface area contributed by atoms with Crippen LogP contribution in [0.25, 0.3) is 32.9 Å². The van der Waals surface area contributed by atoms with Crippen LogP contribution in [-0.2, 0) is 16.4 Å². The van der Waals surface area contributed by atoms with Crippen molar-refractivity contribution < 1.29 is 8.42 Å². The van der Waals surface area contributed by atoms with Crippen molar-refractivity contribution in [2.24, 2.45) is 0 Å². The van der Waals surface area contributed by atoms with Crippen molar-refractivity contribution in [3.63, 3.8) is 0 Å². The average Bonchev–Trinajstić information content (AvgIpc) is 3.09. The monoisotopic (exact) mass is 376 g/mol. The summed E-state index contributed by atoms with van der Waals surface area (Å²) in [4.78, 5) is 2.54. The van der Waals surface area contributed by atoms with E-state index in [1.807, 2.05) is 50.5 Å². The normalized spacial score (nSPS) is 14.8. The molecular weight excluding hydrogens is 356 g/mol. The molecule has 2 heterocycles. The van der Waals surface area contributed by atoms with Gasteiger partial charge in [-0.1, -0.05) is 42.5 Å². The first-order chi connectivity index (χ1) is 13.0. The maximum Gasteiger partial charge on any atom is 0.269 e. The van der Waals surface area contributed by atoms with Gasteiger partial charge in [0, 0.05) is 17.5 Å². The number of likely N-dealkylation sites (N-methyl/N-ethyl adjacent to an activating group) is 1. The Morgan fingerprint density at radius 3 is 2.33 bits per heavy atom. The van der Waals surface area contributed by atoms with E-state index >= 15 is 0 Å². The molecule has 0 bridgehead atoms. The van der Waals surface area contributed by atoms with E-state index in [1.165, 1.54) is 0 Å². The summed E-state index contributed by atoms with van der Waals surface area (Å²) in [5, 5.41) is 3.21. The minimum Gasteiger partial charge on any atom is -0.309 e. The van der Waals surface area contributed by atoms with Crippen LogP contribution in [0.4, 0.5) is 0 Å². The predicted molar refractivity (Wildman–Crippen MR) is 110 cm³/mol. The van der Waals surface area contributed by atoms with Crippen molar-refractivity contribution in [2.75, 3.05) is 20.6 Å². The number of aromatic nitrogens is 1. The van der Waals surface area contributed by atoms with Crippen molar-refractivity contribution in [3.05, 3.63) is 66.2 Å². The molecule has 0 amide bonds. The Balaban J connectivity index is 1.93. The van der Waals surface area contributed by atoms with Gasteiger partial charge in [0.1, 0.15) is 0 Å². The lowest BCUT2D eigenvalue weighted by Gasteiger charge is -2.10. The van der Waals surface area contributed by atoms with E-state index in [4.69, 9.17) is 0 Å². The van der Waals surface area contributed by atoms with Gasteiger partial charge in [-0.3, -0.25) is 0 Å². The van der Waals surface area contributed by atoms with Gasteiger partial charge in [-0.15, -0.1) is 0 Å². The minimum absolute atomic E-state index is 0.404. The van der Waals surface area contributed by atoms with E-state index in [0.29, 0.717) is 4.90 Å². The van der Waals surface area contributed by atoms with Crippen LogP contribution in [0.2, 0.25) is 0 Å². The highest BCUT2D eigenvalue weighted by Crippen LogP contribution is 2.45. The molecule has 3 aromatic carbocycles. The van der Waals surface area contributed by atoms with Crippen LogP contribution in [0.1, 0.15) is 5.56 Å². The molecule has 0 aliphatic carbocycles. The fourth-order valence-corrected chi connectivity index (χ4v) is 5.85. The zero-order valence-corrected chi connectivity index (χ0v) is 16.1. The molecule has 0 saturated carbocycles. The zero-order valence-electron chi connectivity index (χ0n) is 15.3. The third-order valence-electron chi connectivity index (χ3n) is 5.37. The molecule has 1 aliphatic heterocycles. The quantitative estimate of drug-likeness (QED) is 0.476. The zero-order chi connectivity index (χ0) is 18.8. The molecule has 0 radical (unpaired) electrons. The van der Waals surface area contributed by atoms with Crippen LogP contribution in [0.3, 0.4) is 0 Å². The van der Waals surface area contributed by atoms with E-state index in [0.717, 1.165) is 51.5 Å². The molecule has 0 atom stereocenters. The minimum atomic E-state index is -3.57. The molecule has 5 heteroatoms. The number of rotatable bonds is 3. The summed E-state index contributed by atoms with van der Waals surface area (Å²) < 4.78 is 28.2. The van der Waals surface area contributed by atoms with Gasteiger partial charge in [0.25, 0.3) is 10.0 Å². The second-order valence-corrected chi connectivity index (χ2v) is 9.12. The van der Waals surface area contributed by atoms with Gasteiger partial charge in [0.05, 0.1) is 16.1 Å². The second-order valence-electron chi connectivity index (χ2n) is 7.36. The Kier molecular flexibility index (Phi) is 3.48. The van der Waals surface area contributed by atoms with E-state index < -0.39 is 10.0 Å². The molecule has 0 saturated heterocycles. The SMILES string of the molecule is CN(C)CCc1c2n(c3cc4ccccc4cc13)S(=O)(=O)c1ccccc1-2. The molecular formula is C22H20N2O2S. The van der Waals surface area contributed by atoms with Crippen LogP contribution < -0.4 is 0 Å². The number of benzene rings is 3. The number of hydrogen-bond acceptors (Lipinski definition) is 3. The van der Waals surface area contributed by atoms with Crippen LogP contribution >= 0.6 is 0 Å². The van der Waals surface area contributed by atoms with E-state index in [9.17, 15) is 8.42 Å². The molecule has 0 unspecified atom stereocenters. The summed E-state index contributed by atoms with van der Waals surface area (Å²) in [5.74, 6) is 0. The summed E-state index contributed by atoms with van der Waals surface area (Å²) in [6.07, 6.45) is 0.800. The van der Waals surface area contributed by atoms with E-state index in [1.54, 1.807) is 16.1 Å². The van der Waals surface area contributed by atoms with Gasteiger partial charge >= 0.3 is 0 Å². The van der Waals surface area contributed by atoms with E-state index in [2.05, 4.69) is 17.0 Å². The molecule has 5 rings (SSSR count). The highest BCUT2D eigenvalue weighted by Gasteiger charge is 2.36. The van der Waals surface area contributed by atoms with Crippen LogP contribution in [0.15, 0.2) is 65.6 Å². The summed E-state index contributed by atoms with van der Waals surface area (Å²) in [5.41, 5.74) is 3.52. The molecule has 0 fully saturated rings. The summed E-state index contributed by atoms with van der Waals surface area (Å²) in [7, 11) is 0.506. The number of fused-ring (bicyclic) bond motifs is 6. The lowest BCUT2D eigenvalue weighted by molar-refractivity contribution is 0.414. The van der Waals surface area contributed by atoms with Crippen molar-refractivity contribution in [1.82, 2.24) is 8.87 Å². The maximum absolute atomic E-state index is 13.3. The highest BCUT2D eigenvalue weighted by atomic mass is 32.2. The van der Waals surface area contributed by atoms with Gasteiger partial charge in [0.15, 0.2) is 0 Å². The van der Waals surface area contributed by atoms with Crippen LogP contribution in [0.5, 0.6) is 0 Å². The predicted octanol–water partition coefficient (Wildman–Crippen LogP) is 4.12. The van der Waals surface area contributed by atoms with Crippen molar-refractivity contribution in [2.45, 2.75) is 11.3 Å². The highest BCUT2D eigenvalue weighted by molar-refractivity contribution is 7.90. The molecule has 4 nitrogen and oxygen atoms in total. The van der Waals surface area contributed by atoms with Crippen molar-refractivity contribution in [3.8, 4) is 11.3 Å².